The highest BCUT2D eigenvalue weighted by Crippen LogP contribution is 2.27. The van der Waals surface area contributed by atoms with Gasteiger partial charge >= 0.3 is 0 Å². The van der Waals surface area contributed by atoms with Crippen molar-refractivity contribution >= 4 is 34.6 Å². The Morgan fingerprint density at radius 3 is 2.76 bits per heavy atom. The number of nitrogens with zero attached hydrogens (tertiary/aromatic N) is 1. The van der Waals surface area contributed by atoms with E-state index >= 15 is 0 Å². The molecule has 7 heteroatoms. The van der Waals surface area contributed by atoms with Crippen LogP contribution in [0.2, 0.25) is 0 Å². The van der Waals surface area contributed by atoms with Crippen LogP contribution in [0.15, 0.2) is 24.3 Å². The SMILES string of the molecule is O=C(CC1CCCC1)NC(=S)Nc1cccc([N+](=O)[O-])c1. The molecule has 1 aromatic rings. The Morgan fingerprint density at radius 1 is 1.38 bits per heavy atom. The van der Waals surface area contributed by atoms with Gasteiger partial charge in [0.1, 0.15) is 0 Å². The minimum Gasteiger partial charge on any atom is -0.332 e. The van der Waals surface area contributed by atoms with E-state index in [1.54, 1.807) is 12.1 Å². The first-order valence-corrected chi connectivity index (χ1v) is 7.30. The van der Waals surface area contributed by atoms with Crippen LogP contribution < -0.4 is 10.6 Å². The van der Waals surface area contributed by atoms with Crippen molar-refractivity contribution in [1.82, 2.24) is 5.32 Å². The van der Waals surface area contributed by atoms with Crippen LogP contribution in [0.4, 0.5) is 11.4 Å². The fourth-order valence-corrected chi connectivity index (χ4v) is 2.75. The molecule has 0 aliphatic heterocycles. The van der Waals surface area contributed by atoms with Crippen LogP contribution in [0.3, 0.4) is 0 Å². The van der Waals surface area contributed by atoms with E-state index < -0.39 is 4.92 Å². The van der Waals surface area contributed by atoms with Crippen LogP contribution in [-0.2, 0) is 4.79 Å². The molecule has 0 radical (unpaired) electrons. The minimum atomic E-state index is -0.479. The van der Waals surface area contributed by atoms with E-state index in [2.05, 4.69) is 10.6 Å². The Bertz CT molecular complexity index is 556. The third-order valence-corrected chi connectivity index (χ3v) is 3.72. The van der Waals surface area contributed by atoms with Gasteiger partial charge in [-0.15, -0.1) is 0 Å². The highest BCUT2D eigenvalue weighted by molar-refractivity contribution is 7.80. The van der Waals surface area contributed by atoms with Crippen molar-refractivity contribution in [3.63, 3.8) is 0 Å². The zero-order chi connectivity index (χ0) is 15.2. The second-order valence-corrected chi connectivity index (χ2v) is 5.57. The predicted octanol–water partition coefficient (Wildman–Crippen LogP) is 2.99. The number of carbonyl (C=O) groups is 1. The van der Waals surface area contributed by atoms with Crippen LogP contribution in [0.5, 0.6) is 0 Å². The summed E-state index contributed by atoms with van der Waals surface area (Å²) in [4.78, 5) is 22.0. The van der Waals surface area contributed by atoms with E-state index in [-0.39, 0.29) is 16.7 Å². The van der Waals surface area contributed by atoms with E-state index in [0.717, 1.165) is 12.8 Å². The average molecular weight is 307 g/mol. The summed E-state index contributed by atoms with van der Waals surface area (Å²) in [6.45, 7) is 0. The summed E-state index contributed by atoms with van der Waals surface area (Å²) >= 11 is 5.05. The van der Waals surface area contributed by atoms with Crippen LogP contribution in [0, 0.1) is 16.0 Å². The summed E-state index contributed by atoms with van der Waals surface area (Å²) in [6.07, 6.45) is 5.05. The largest absolute Gasteiger partial charge is 0.332 e. The van der Waals surface area contributed by atoms with E-state index in [1.165, 1.54) is 25.0 Å². The first-order valence-electron chi connectivity index (χ1n) is 6.90. The highest BCUT2D eigenvalue weighted by Gasteiger charge is 2.18. The number of hydrogen-bond acceptors (Lipinski definition) is 4. The van der Waals surface area contributed by atoms with Crippen molar-refractivity contribution in [1.29, 1.82) is 0 Å². The van der Waals surface area contributed by atoms with E-state index in [4.69, 9.17) is 12.2 Å². The summed E-state index contributed by atoms with van der Waals surface area (Å²) in [7, 11) is 0. The number of nitro benzene ring substituents is 1. The lowest BCUT2D eigenvalue weighted by Gasteiger charge is -2.11. The monoisotopic (exact) mass is 307 g/mol. The van der Waals surface area contributed by atoms with Gasteiger partial charge in [-0.2, -0.15) is 0 Å². The number of benzene rings is 1. The number of nitrogens with one attached hydrogen (secondary N) is 2. The van der Waals surface area contributed by atoms with Gasteiger partial charge in [0.05, 0.1) is 4.92 Å². The number of hydrogen-bond donors (Lipinski definition) is 2. The average Bonchev–Trinajstić information content (AvgIpc) is 2.91. The van der Waals surface area contributed by atoms with Gasteiger partial charge in [0, 0.05) is 24.2 Å². The minimum absolute atomic E-state index is 0.0277. The molecule has 1 aliphatic rings. The second-order valence-electron chi connectivity index (χ2n) is 5.16. The van der Waals surface area contributed by atoms with Gasteiger partial charge < -0.3 is 10.6 Å². The van der Waals surface area contributed by atoms with Crippen molar-refractivity contribution in [2.24, 2.45) is 5.92 Å². The maximum absolute atomic E-state index is 11.8. The molecule has 0 heterocycles. The summed E-state index contributed by atoms with van der Waals surface area (Å²) < 4.78 is 0. The molecule has 1 fully saturated rings. The third-order valence-electron chi connectivity index (χ3n) is 3.52. The number of carbonyl (C=O) groups excluding carboxylic acids is 1. The first kappa shape index (κ1) is 15.4. The molecule has 1 aromatic carbocycles. The van der Waals surface area contributed by atoms with Gasteiger partial charge in [-0.25, -0.2) is 0 Å². The molecule has 0 saturated heterocycles. The third kappa shape index (κ3) is 4.78. The van der Waals surface area contributed by atoms with Crippen molar-refractivity contribution in [2.75, 3.05) is 5.32 Å². The standard InChI is InChI=1S/C14H17N3O3S/c18-13(8-10-4-1-2-5-10)16-14(21)15-11-6-3-7-12(9-11)17(19)20/h3,6-7,9-10H,1-2,4-5,8H2,(H2,15,16,18,21). The van der Waals surface area contributed by atoms with Crippen molar-refractivity contribution in [3.8, 4) is 0 Å². The van der Waals surface area contributed by atoms with E-state index in [9.17, 15) is 14.9 Å². The Kier molecular flexibility index (Phi) is 5.21. The van der Waals surface area contributed by atoms with Gasteiger partial charge in [0.15, 0.2) is 5.11 Å². The van der Waals surface area contributed by atoms with Gasteiger partial charge in [0.2, 0.25) is 5.91 Å². The molecule has 1 aliphatic carbocycles. The summed E-state index contributed by atoms with van der Waals surface area (Å²) in [5.74, 6) is 0.343. The molecule has 21 heavy (non-hydrogen) atoms. The number of amides is 1. The topological polar surface area (TPSA) is 84.3 Å². The van der Waals surface area contributed by atoms with Gasteiger partial charge in [-0.1, -0.05) is 18.9 Å². The number of thiocarbonyl (C=S) groups is 1. The highest BCUT2D eigenvalue weighted by atomic mass is 32.1. The zero-order valence-corrected chi connectivity index (χ0v) is 12.3. The van der Waals surface area contributed by atoms with E-state index in [1.807, 2.05) is 0 Å². The van der Waals surface area contributed by atoms with Crippen LogP contribution >= 0.6 is 12.2 Å². The number of rotatable bonds is 4. The van der Waals surface area contributed by atoms with Gasteiger partial charge in [-0.3, -0.25) is 14.9 Å². The Labute approximate surface area is 128 Å². The number of nitro groups is 1. The molecule has 1 amide bonds. The lowest BCUT2D eigenvalue weighted by molar-refractivity contribution is -0.384. The lowest BCUT2D eigenvalue weighted by Crippen LogP contribution is -2.34. The molecule has 0 bridgehead atoms. The smallest absolute Gasteiger partial charge is 0.271 e. The van der Waals surface area contributed by atoms with Crippen LogP contribution in [0.1, 0.15) is 32.1 Å². The maximum Gasteiger partial charge on any atom is 0.271 e. The number of non-ortho nitro benzene ring substituents is 1. The Morgan fingerprint density at radius 2 is 2.10 bits per heavy atom. The molecule has 2 rings (SSSR count). The normalized spacial score (nSPS) is 14.7. The lowest BCUT2D eigenvalue weighted by atomic mass is 10.0. The molecule has 0 atom stereocenters. The predicted molar refractivity (Wildman–Crippen MR) is 84.0 cm³/mol. The summed E-state index contributed by atoms with van der Waals surface area (Å²) in [5, 5.41) is 16.3. The number of anilines is 1. The van der Waals surface area contributed by atoms with Crippen LogP contribution in [-0.4, -0.2) is 15.9 Å². The van der Waals surface area contributed by atoms with Gasteiger partial charge in [-0.05, 0) is 37.0 Å². The fourth-order valence-electron chi connectivity index (χ4n) is 2.51. The zero-order valence-electron chi connectivity index (χ0n) is 11.5. The molecule has 2 N–H and O–H groups in total. The van der Waals surface area contributed by atoms with Crippen molar-refractivity contribution < 1.29 is 9.72 Å². The summed E-state index contributed by atoms with van der Waals surface area (Å²) in [6, 6.07) is 5.98. The molecule has 0 aromatic heterocycles. The van der Waals surface area contributed by atoms with Crippen molar-refractivity contribution in [2.45, 2.75) is 32.1 Å². The molecular formula is C14H17N3O3S. The quantitative estimate of drug-likeness (QED) is 0.507. The summed E-state index contributed by atoms with van der Waals surface area (Å²) in [5.41, 5.74) is 0.454. The van der Waals surface area contributed by atoms with Crippen LogP contribution in [0.25, 0.3) is 0 Å². The first-order chi connectivity index (χ1) is 10.0. The second kappa shape index (κ2) is 7.12. The van der Waals surface area contributed by atoms with Crippen molar-refractivity contribution in [3.05, 3.63) is 34.4 Å². The molecule has 112 valence electrons. The van der Waals surface area contributed by atoms with Gasteiger partial charge in [0.25, 0.3) is 5.69 Å². The molecular weight excluding hydrogens is 290 g/mol. The fraction of sp³-hybridized carbons (Fsp3) is 0.429. The van der Waals surface area contributed by atoms with E-state index in [0.29, 0.717) is 18.0 Å². The molecule has 0 spiro atoms. The Balaban J connectivity index is 1.84. The maximum atomic E-state index is 11.8. The Hall–Kier alpha value is -2.02. The molecule has 1 saturated carbocycles. The molecule has 0 unspecified atom stereocenters. The molecule has 6 nitrogen and oxygen atoms in total.